The van der Waals surface area contributed by atoms with Crippen molar-refractivity contribution in [3.8, 4) is 51.0 Å². The Bertz CT molecular complexity index is 3460. The molecule has 0 saturated carbocycles. The van der Waals surface area contributed by atoms with E-state index in [-0.39, 0.29) is 0 Å². The minimum Gasteiger partial charge on any atom is -0.456 e. The van der Waals surface area contributed by atoms with Crippen LogP contribution in [-0.4, -0.2) is 19.5 Å². The molecule has 5 heteroatoms. The van der Waals surface area contributed by atoms with E-state index in [2.05, 4.69) is 162 Å². The summed E-state index contributed by atoms with van der Waals surface area (Å²) in [5.41, 5.74) is 9.98. The molecular weight excluding hydrogens is 709 g/mol. The van der Waals surface area contributed by atoms with Crippen molar-refractivity contribution in [2.75, 3.05) is 0 Å². The maximum absolute atomic E-state index is 6.72. The van der Waals surface area contributed by atoms with Crippen molar-refractivity contribution in [3.05, 3.63) is 194 Å². The van der Waals surface area contributed by atoms with Gasteiger partial charge in [-0.15, -0.1) is 0 Å². The standard InChI is InChI=1S/C53H32N4O/c1-3-11-33(12-4-1)34-19-21-38(22-20-34)52-54-51(37-15-5-2-6-16-37)55-53(56-52)39-23-27-43-44-28-26-40(32-48(44)58-47(43)31-39)57-45-29-24-35-13-7-9-17-41(35)49(45)50-42-18-10-8-14-36(42)25-30-46(50)57/h1-32H. The molecule has 0 aliphatic carbocycles. The molecule has 0 atom stereocenters. The molecule has 9 aromatic carbocycles. The van der Waals surface area contributed by atoms with Gasteiger partial charge in [0.05, 0.1) is 11.0 Å². The summed E-state index contributed by atoms with van der Waals surface area (Å²) in [5, 5.41) is 9.58. The van der Waals surface area contributed by atoms with Crippen LogP contribution in [0.1, 0.15) is 0 Å². The molecule has 3 aromatic heterocycles. The first-order valence-electron chi connectivity index (χ1n) is 19.5. The average molecular weight is 741 g/mol. The summed E-state index contributed by atoms with van der Waals surface area (Å²) in [6.07, 6.45) is 0. The third kappa shape index (κ3) is 5.14. The quantitative estimate of drug-likeness (QED) is 0.176. The van der Waals surface area contributed by atoms with Gasteiger partial charge in [0, 0.05) is 50.0 Å². The number of furan rings is 1. The average Bonchev–Trinajstić information content (AvgIpc) is 3.85. The monoisotopic (exact) mass is 740 g/mol. The first-order valence-corrected chi connectivity index (χ1v) is 19.5. The first-order chi connectivity index (χ1) is 28.7. The zero-order valence-electron chi connectivity index (χ0n) is 31.2. The van der Waals surface area contributed by atoms with Crippen molar-refractivity contribution in [1.82, 2.24) is 19.5 Å². The molecule has 0 unspecified atom stereocenters. The molecule has 3 heterocycles. The van der Waals surface area contributed by atoms with Gasteiger partial charge < -0.3 is 8.98 Å². The van der Waals surface area contributed by atoms with E-state index in [9.17, 15) is 0 Å². The van der Waals surface area contributed by atoms with E-state index >= 15 is 0 Å². The summed E-state index contributed by atoms with van der Waals surface area (Å²) in [7, 11) is 0. The molecular formula is C53H32N4O. The maximum atomic E-state index is 6.72. The molecule has 5 nitrogen and oxygen atoms in total. The molecule has 58 heavy (non-hydrogen) atoms. The zero-order valence-corrected chi connectivity index (χ0v) is 31.2. The van der Waals surface area contributed by atoms with E-state index in [1.807, 2.05) is 36.4 Å². The lowest BCUT2D eigenvalue weighted by atomic mass is 10.00. The molecule has 0 fully saturated rings. The Morgan fingerprint density at radius 2 is 0.776 bits per heavy atom. The van der Waals surface area contributed by atoms with Crippen LogP contribution < -0.4 is 0 Å². The lowest BCUT2D eigenvalue weighted by Gasteiger charge is -2.09. The maximum Gasteiger partial charge on any atom is 0.164 e. The van der Waals surface area contributed by atoms with Gasteiger partial charge in [0.15, 0.2) is 17.5 Å². The summed E-state index contributed by atoms with van der Waals surface area (Å²) >= 11 is 0. The Morgan fingerprint density at radius 1 is 0.328 bits per heavy atom. The van der Waals surface area contributed by atoms with Crippen molar-refractivity contribution < 1.29 is 4.42 Å². The third-order valence-electron chi connectivity index (χ3n) is 11.4. The molecule has 0 bridgehead atoms. The lowest BCUT2D eigenvalue weighted by Crippen LogP contribution is -2.00. The van der Waals surface area contributed by atoms with Crippen LogP contribution in [0, 0.1) is 0 Å². The SMILES string of the molecule is c1ccc(-c2ccc(-c3nc(-c4ccccc4)nc(-c4ccc5c(c4)oc4cc(-n6c7ccc8ccccc8c7c7c8ccccc8ccc76)ccc45)n3)cc2)cc1. The summed E-state index contributed by atoms with van der Waals surface area (Å²) in [5.74, 6) is 1.82. The second-order valence-corrected chi connectivity index (χ2v) is 14.8. The molecule has 0 aliphatic rings. The summed E-state index contributed by atoms with van der Waals surface area (Å²) < 4.78 is 9.10. The van der Waals surface area contributed by atoms with Gasteiger partial charge in [0.1, 0.15) is 11.2 Å². The largest absolute Gasteiger partial charge is 0.456 e. The van der Waals surface area contributed by atoms with E-state index < -0.39 is 0 Å². The Kier molecular flexibility index (Phi) is 7.16. The Morgan fingerprint density at radius 3 is 1.40 bits per heavy atom. The van der Waals surface area contributed by atoms with Crippen molar-refractivity contribution in [2.45, 2.75) is 0 Å². The van der Waals surface area contributed by atoms with Crippen molar-refractivity contribution in [2.24, 2.45) is 0 Å². The molecule has 0 saturated heterocycles. The molecule has 0 amide bonds. The van der Waals surface area contributed by atoms with Crippen LogP contribution in [0.25, 0.3) is 116 Å². The highest BCUT2D eigenvalue weighted by Gasteiger charge is 2.19. The van der Waals surface area contributed by atoms with Crippen LogP contribution in [0.4, 0.5) is 0 Å². The van der Waals surface area contributed by atoms with Crippen LogP contribution >= 0.6 is 0 Å². The number of fused-ring (bicyclic) bond motifs is 10. The highest BCUT2D eigenvalue weighted by Crippen LogP contribution is 2.42. The number of benzene rings is 9. The highest BCUT2D eigenvalue weighted by atomic mass is 16.3. The van der Waals surface area contributed by atoms with E-state index in [1.54, 1.807) is 0 Å². The smallest absolute Gasteiger partial charge is 0.164 e. The number of aromatic nitrogens is 4. The van der Waals surface area contributed by atoms with Gasteiger partial charge in [-0.25, -0.2) is 15.0 Å². The number of rotatable bonds is 5. The van der Waals surface area contributed by atoms with Crippen LogP contribution in [0.3, 0.4) is 0 Å². The lowest BCUT2D eigenvalue weighted by molar-refractivity contribution is 0.668. The second kappa shape index (κ2) is 12.8. The van der Waals surface area contributed by atoms with E-state index in [0.717, 1.165) is 60.9 Å². The molecule has 0 aliphatic heterocycles. The normalized spacial score (nSPS) is 11.8. The van der Waals surface area contributed by atoms with Gasteiger partial charge in [0.25, 0.3) is 0 Å². The second-order valence-electron chi connectivity index (χ2n) is 14.8. The number of hydrogen-bond acceptors (Lipinski definition) is 4. The zero-order chi connectivity index (χ0) is 38.2. The minimum atomic E-state index is 0.587. The molecule has 270 valence electrons. The Labute approximate surface area is 333 Å². The molecule has 0 spiro atoms. The third-order valence-corrected chi connectivity index (χ3v) is 11.4. The van der Waals surface area contributed by atoms with Gasteiger partial charge in [0.2, 0.25) is 0 Å². The van der Waals surface area contributed by atoms with Crippen LogP contribution in [-0.2, 0) is 0 Å². The molecule has 0 radical (unpaired) electrons. The fourth-order valence-electron chi connectivity index (χ4n) is 8.66. The fraction of sp³-hybridized carbons (Fsp3) is 0. The van der Waals surface area contributed by atoms with Crippen LogP contribution in [0.2, 0.25) is 0 Å². The van der Waals surface area contributed by atoms with Crippen molar-refractivity contribution in [1.29, 1.82) is 0 Å². The van der Waals surface area contributed by atoms with E-state index in [4.69, 9.17) is 19.4 Å². The predicted molar refractivity (Wildman–Crippen MR) is 238 cm³/mol. The summed E-state index contributed by atoms with van der Waals surface area (Å²) in [4.78, 5) is 15.0. The topological polar surface area (TPSA) is 56.7 Å². The van der Waals surface area contributed by atoms with E-state index in [0.29, 0.717) is 17.5 Å². The molecule has 12 rings (SSSR count). The first kappa shape index (κ1) is 32.4. The summed E-state index contributed by atoms with van der Waals surface area (Å²) in [6, 6.07) is 68.0. The predicted octanol–water partition coefficient (Wildman–Crippen LogP) is 13.8. The summed E-state index contributed by atoms with van der Waals surface area (Å²) in [6.45, 7) is 0. The van der Waals surface area contributed by atoms with Crippen molar-refractivity contribution in [3.63, 3.8) is 0 Å². The van der Waals surface area contributed by atoms with Crippen LogP contribution in [0.15, 0.2) is 199 Å². The highest BCUT2D eigenvalue weighted by molar-refractivity contribution is 6.28. The van der Waals surface area contributed by atoms with Gasteiger partial charge in [-0.3, -0.25) is 0 Å². The van der Waals surface area contributed by atoms with E-state index in [1.165, 1.54) is 37.9 Å². The van der Waals surface area contributed by atoms with Crippen LogP contribution in [0.5, 0.6) is 0 Å². The molecule has 0 N–H and O–H groups in total. The number of nitrogens with zero attached hydrogens (tertiary/aromatic N) is 4. The van der Waals surface area contributed by atoms with Gasteiger partial charge >= 0.3 is 0 Å². The Balaban J connectivity index is 0.997. The number of hydrogen-bond donors (Lipinski definition) is 0. The fourth-order valence-corrected chi connectivity index (χ4v) is 8.66. The van der Waals surface area contributed by atoms with Gasteiger partial charge in [-0.2, -0.15) is 0 Å². The Hall–Kier alpha value is -7.89. The minimum absolute atomic E-state index is 0.587. The van der Waals surface area contributed by atoms with Gasteiger partial charge in [-0.05, 0) is 69.1 Å². The van der Waals surface area contributed by atoms with Crippen molar-refractivity contribution >= 4 is 65.3 Å². The van der Waals surface area contributed by atoms with Gasteiger partial charge in [-0.1, -0.05) is 152 Å². The molecule has 12 aromatic rings.